The molecular weight excluding hydrogens is 238 g/mol. The maximum absolute atomic E-state index is 11.1. The summed E-state index contributed by atoms with van der Waals surface area (Å²) in [7, 11) is 0. The predicted molar refractivity (Wildman–Crippen MR) is 34.7 cm³/mol. The molecule has 0 bridgehead atoms. The van der Waals surface area contributed by atoms with E-state index in [9.17, 15) is 30.9 Å². The van der Waals surface area contributed by atoms with Crippen LogP contribution in [-0.4, -0.2) is 16.4 Å². The number of hydrogen-bond donors (Lipinski definition) is 1. The summed E-state index contributed by atoms with van der Waals surface area (Å²) in [6, 6.07) is 1.75. The Morgan fingerprint density at radius 3 is 1.57 bits per heavy atom. The Bertz CT molecular complexity index is 195. The van der Waals surface area contributed by atoms with Gasteiger partial charge in [0.1, 0.15) is 0 Å². The van der Waals surface area contributed by atoms with Gasteiger partial charge in [-0.1, -0.05) is 0 Å². The zero-order valence-electron chi connectivity index (χ0n) is 6.53. The van der Waals surface area contributed by atoms with Crippen LogP contribution in [-0.2, 0) is 11.4 Å². The third-order valence-electron chi connectivity index (χ3n) is 0.419. The number of nitriles is 1. The third-order valence-corrected chi connectivity index (χ3v) is 1.26. The van der Waals surface area contributed by atoms with Crippen LogP contribution in [0.2, 0.25) is 0 Å². The van der Waals surface area contributed by atoms with E-state index in [2.05, 4.69) is 0 Å². The van der Waals surface area contributed by atoms with Gasteiger partial charge in [-0.25, -0.2) is 0 Å². The molecule has 10 heteroatoms. The Kier molecular flexibility index (Phi) is 6.71. The van der Waals surface area contributed by atoms with Crippen LogP contribution in [0.15, 0.2) is 0 Å². The van der Waals surface area contributed by atoms with E-state index in [0.717, 1.165) is 0 Å². The van der Waals surface area contributed by atoms with Crippen molar-refractivity contribution in [2.24, 2.45) is 0 Å². The van der Waals surface area contributed by atoms with Crippen molar-refractivity contribution in [3.05, 3.63) is 0 Å². The fraction of sp³-hybridized carbons (Fsp3) is 0.750. The van der Waals surface area contributed by atoms with Gasteiger partial charge in [-0.15, -0.1) is 13.2 Å². The summed E-state index contributed by atoms with van der Waals surface area (Å²) in [5.74, 6) is 0. The van der Waals surface area contributed by atoms with Gasteiger partial charge >= 0.3 is 11.8 Å². The van der Waals surface area contributed by atoms with Gasteiger partial charge in [-0.05, 0) is 4.72 Å². The van der Waals surface area contributed by atoms with Gasteiger partial charge < -0.3 is 4.55 Å². The lowest BCUT2D eigenvalue weighted by atomic mass is 11.0. The second-order valence-corrected chi connectivity index (χ2v) is 2.74. The Labute approximate surface area is 78.0 Å². The molecular formula is C4H4F6N2OS. The predicted octanol–water partition coefficient (Wildman–Crippen LogP) is 1.81. The summed E-state index contributed by atoms with van der Waals surface area (Å²) in [4.78, 5) is 0. The average molecular weight is 242 g/mol. The highest BCUT2D eigenvalue weighted by Gasteiger charge is 2.51. The van der Waals surface area contributed by atoms with Crippen molar-refractivity contribution in [2.45, 2.75) is 18.7 Å². The van der Waals surface area contributed by atoms with Crippen molar-refractivity contribution in [2.75, 3.05) is 0 Å². The van der Waals surface area contributed by atoms with Crippen LogP contribution in [0.4, 0.5) is 26.3 Å². The lowest BCUT2D eigenvalue weighted by Gasteiger charge is -2.13. The molecule has 84 valence electrons. The lowest BCUT2D eigenvalue weighted by molar-refractivity contribution is -0.143. The number of nitrogens with one attached hydrogen (secondary N) is 1. The molecule has 0 amide bonds. The Morgan fingerprint density at radius 2 is 1.50 bits per heavy atom. The first-order valence-corrected chi connectivity index (χ1v) is 3.83. The number of hydrogen-bond acceptors (Lipinski definition) is 3. The maximum atomic E-state index is 11.1. The number of alkyl halides is 6. The summed E-state index contributed by atoms with van der Waals surface area (Å²) in [5.41, 5.74) is -5.39. The van der Waals surface area contributed by atoms with E-state index in [4.69, 9.17) is 5.26 Å². The summed E-state index contributed by atoms with van der Waals surface area (Å²) < 4.78 is 76.0. The van der Waals surface area contributed by atoms with Crippen LogP contribution in [0.25, 0.3) is 0 Å². The minimum atomic E-state index is -5.39. The molecule has 14 heavy (non-hydrogen) atoms. The van der Waals surface area contributed by atoms with Crippen molar-refractivity contribution < 1.29 is 30.9 Å². The molecule has 0 saturated carbocycles. The second kappa shape index (κ2) is 5.94. The quantitative estimate of drug-likeness (QED) is 0.433. The second-order valence-electron chi connectivity index (χ2n) is 1.54. The van der Waals surface area contributed by atoms with E-state index in [1.807, 2.05) is 0 Å². The van der Waals surface area contributed by atoms with Crippen molar-refractivity contribution in [3.63, 3.8) is 0 Å². The maximum Gasteiger partial charge on any atom is 0.593 e. The van der Waals surface area contributed by atoms with Crippen LogP contribution in [0.5, 0.6) is 0 Å². The highest BCUT2D eigenvalue weighted by Crippen LogP contribution is 2.24. The molecule has 0 aliphatic rings. The van der Waals surface area contributed by atoms with E-state index < -0.39 is 23.2 Å². The molecule has 0 saturated heterocycles. The first-order valence-electron chi connectivity index (χ1n) is 2.68. The molecule has 0 aromatic heterocycles. The molecule has 0 radical (unpaired) electrons. The fourth-order valence-electron chi connectivity index (χ4n) is 0.163. The van der Waals surface area contributed by atoms with Crippen LogP contribution >= 0.6 is 0 Å². The highest BCUT2D eigenvalue weighted by atomic mass is 32.2. The number of rotatable bonds is 1. The first kappa shape index (κ1) is 15.8. The monoisotopic (exact) mass is 242 g/mol. The van der Waals surface area contributed by atoms with Crippen molar-refractivity contribution >= 4 is 11.4 Å². The molecule has 0 aromatic rings. The van der Waals surface area contributed by atoms with Gasteiger partial charge in [0.05, 0.1) is 6.07 Å². The van der Waals surface area contributed by atoms with Gasteiger partial charge in [-0.3, -0.25) is 0 Å². The van der Waals surface area contributed by atoms with E-state index >= 15 is 0 Å². The first-order chi connectivity index (χ1) is 6.04. The van der Waals surface area contributed by atoms with E-state index in [-0.39, 0.29) is 4.72 Å². The van der Waals surface area contributed by atoms with Crippen LogP contribution in [0.3, 0.4) is 0 Å². The molecule has 0 aliphatic heterocycles. The van der Waals surface area contributed by atoms with E-state index in [1.54, 1.807) is 6.07 Å². The Morgan fingerprint density at radius 1 is 1.21 bits per heavy atom. The molecule has 0 spiro atoms. The zero-order valence-corrected chi connectivity index (χ0v) is 7.35. The molecule has 3 nitrogen and oxygen atoms in total. The van der Waals surface area contributed by atoms with Gasteiger partial charge in [-0.2, -0.15) is 18.4 Å². The normalized spacial score (nSPS) is 13.6. The molecule has 1 unspecified atom stereocenters. The summed E-state index contributed by atoms with van der Waals surface area (Å²) in [5, 5.41) is 7.32. The summed E-state index contributed by atoms with van der Waals surface area (Å²) in [6.07, 6.45) is -5.29. The summed E-state index contributed by atoms with van der Waals surface area (Å²) >= 11 is -4.08. The van der Waals surface area contributed by atoms with Gasteiger partial charge in [0.2, 0.25) is 0 Å². The summed E-state index contributed by atoms with van der Waals surface area (Å²) in [6.45, 7) is 1.43. The minimum absolute atomic E-state index is 0.0938. The van der Waals surface area contributed by atoms with Crippen LogP contribution in [0, 0.1) is 11.3 Å². The third kappa shape index (κ3) is 11.3. The van der Waals surface area contributed by atoms with Crippen LogP contribution in [0.1, 0.15) is 6.92 Å². The fourth-order valence-corrected chi connectivity index (χ4v) is 0.489. The largest absolute Gasteiger partial charge is 0.593 e. The molecule has 0 aliphatic carbocycles. The zero-order chi connectivity index (χ0) is 12.0. The smallest absolute Gasteiger partial charge is 0.590 e. The molecule has 0 heterocycles. The SMILES string of the molecule is CC#N.[O-][S+](NC(F)(F)F)C(F)(F)F. The minimum Gasteiger partial charge on any atom is -0.590 e. The standard InChI is InChI=1S/C2HF6NOS.C2H3N/c3-1(4,5)9-11(10)2(6,7)8;1-2-3/h9H;1H3. The topological polar surface area (TPSA) is 58.9 Å². The van der Waals surface area contributed by atoms with Crippen molar-refractivity contribution in [3.8, 4) is 6.07 Å². The molecule has 1 N–H and O–H groups in total. The van der Waals surface area contributed by atoms with E-state index in [1.165, 1.54) is 6.92 Å². The lowest BCUT2D eigenvalue weighted by Crippen LogP contribution is -2.44. The highest BCUT2D eigenvalue weighted by molar-refractivity contribution is 7.90. The van der Waals surface area contributed by atoms with Crippen LogP contribution < -0.4 is 4.72 Å². The van der Waals surface area contributed by atoms with Crippen molar-refractivity contribution in [1.29, 1.82) is 5.26 Å². The number of halogens is 6. The number of nitrogens with zero attached hydrogens (tertiary/aromatic N) is 1. The Balaban J connectivity index is 0. The van der Waals surface area contributed by atoms with Gasteiger partial charge in [0, 0.05) is 6.92 Å². The Hall–Kier alpha value is -0.660. The van der Waals surface area contributed by atoms with Crippen molar-refractivity contribution in [1.82, 2.24) is 4.72 Å². The van der Waals surface area contributed by atoms with Gasteiger partial charge in [0.15, 0.2) is 11.4 Å². The average Bonchev–Trinajstić information content (AvgIpc) is 1.82. The van der Waals surface area contributed by atoms with E-state index in [0.29, 0.717) is 0 Å². The molecule has 0 aromatic carbocycles. The molecule has 0 fully saturated rings. The van der Waals surface area contributed by atoms with Gasteiger partial charge in [0.25, 0.3) is 0 Å². The molecule has 1 atom stereocenters. The molecule has 0 rings (SSSR count).